The van der Waals surface area contributed by atoms with Gasteiger partial charge in [0, 0.05) is 11.8 Å². The van der Waals surface area contributed by atoms with Crippen LogP contribution >= 0.6 is 0 Å². The Hall–Kier alpha value is -2.43. The molecule has 16 heavy (non-hydrogen) atoms. The quantitative estimate of drug-likeness (QED) is 0.609. The fourth-order valence-electron chi connectivity index (χ4n) is 1.48. The van der Waals surface area contributed by atoms with Crippen LogP contribution in [0.25, 0.3) is 17.2 Å². The van der Waals surface area contributed by atoms with Gasteiger partial charge in [-0.3, -0.25) is 4.79 Å². The zero-order valence-corrected chi connectivity index (χ0v) is 8.20. The number of aromatic nitrogens is 3. The number of carbonyl (C=O) groups is 1. The molecule has 3 heterocycles. The minimum atomic E-state index is 0.507. The van der Waals surface area contributed by atoms with Crippen molar-refractivity contribution < 1.29 is 9.21 Å². The van der Waals surface area contributed by atoms with Crippen LogP contribution in [0.1, 0.15) is 10.4 Å². The van der Waals surface area contributed by atoms with E-state index < -0.39 is 0 Å². The van der Waals surface area contributed by atoms with Crippen molar-refractivity contribution in [2.24, 2.45) is 0 Å². The van der Waals surface area contributed by atoms with E-state index in [1.54, 1.807) is 41.2 Å². The number of fused-ring (bicyclic) bond motifs is 1. The molecule has 0 saturated heterocycles. The maximum atomic E-state index is 10.6. The molecule has 3 aromatic heterocycles. The van der Waals surface area contributed by atoms with Gasteiger partial charge in [-0.15, -0.1) is 5.10 Å². The largest absolute Gasteiger partial charge is 0.461 e. The van der Waals surface area contributed by atoms with Crippen LogP contribution in [0.2, 0.25) is 0 Å². The van der Waals surface area contributed by atoms with Crippen LogP contribution in [0.4, 0.5) is 0 Å². The molecule has 5 nitrogen and oxygen atoms in total. The molecule has 0 atom stereocenters. The van der Waals surface area contributed by atoms with Crippen LogP contribution in [-0.2, 0) is 0 Å². The molecule has 0 spiro atoms. The summed E-state index contributed by atoms with van der Waals surface area (Å²) in [6.07, 6.45) is 4.04. The van der Waals surface area contributed by atoms with E-state index in [0.29, 0.717) is 22.8 Å². The lowest BCUT2D eigenvalue weighted by Crippen LogP contribution is -1.88. The highest BCUT2D eigenvalue weighted by Gasteiger charge is 2.08. The van der Waals surface area contributed by atoms with Gasteiger partial charge >= 0.3 is 0 Å². The van der Waals surface area contributed by atoms with E-state index in [0.717, 1.165) is 6.29 Å². The molecule has 5 heteroatoms. The Morgan fingerprint density at radius 3 is 3.06 bits per heavy atom. The molecule has 3 aromatic rings. The van der Waals surface area contributed by atoms with E-state index >= 15 is 0 Å². The predicted molar refractivity (Wildman–Crippen MR) is 56.1 cm³/mol. The van der Waals surface area contributed by atoms with E-state index in [1.165, 1.54) is 0 Å². The molecule has 0 unspecified atom stereocenters. The van der Waals surface area contributed by atoms with Gasteiger partial charge in [0.05, 0.1) is 6.26 Å². The molecule has 0 aromatic carbocycles. The SMILES string of the molecule is O=Cc1ccn2nc(-c3ccco3)nc2c1. The van der Waals surface area contributed by atoms with Crippen LogP contribution in [0, 0.1) is 0 Å². The number of pyridine rings is 1. The number of hydrogen-bond acceptors (Lipinski definition) is 4. The first-order valence-corrected chi connectivity index (χ1v) is 4.72. The van der Waals surface area contributed by atoms with E-state index in [1.807, 2.05) is 0 Å². The zero-order chi connectivity index (χ0) is 11.0. The van der Waals surface area contributed by atoms with Crippen LogP contribution in [0.5, 0.6) is 0 Å². The van der Waals surface area contributed by atoms with Crippen molar-refractivity contribution in [2.75, 3.05) is 0 Å². The minimum Gasteiger partial charge on any atom is -0.461 e. The van der Waals surface area contributed by atoms with Gasteiger partial charge in [-0.2, -0.15) is 0 Å². The number of nitrogens with zero attached hydrogens (tertiary/aromatic N) is 3. The standard InChI is InChI=1S/C11H7N3O2/c15-7-8-3-4-14-10(6-8)12-11(13-14)9-2-1-5-16-9/h1-7H. The maximum Gasteiger partial charge on any atom is 0.217 e. The summed E-state index contributed by atoms with van der Waals surface area (Å²) in [7, 11) is 0. The average molecular weight is 213 g/mol. The van der Waals surface area contributed by atoms with Crippen LogP contribution in [-0.4, -0.2) is 20.9 Å². The van der Waals surface area contributed by atoms with Crippen molar-refractivity contribution in [3.05, 3.63) is 42.3 Å². The molecular weight excluding hydrogens is 206 g/mol. The molecule has 3 rings (SSSR count). The fraction of sp³-hybridized carbons (Fsp3) is 0. The second kappa shape index (κ2) is 3.30. The normalized spacial score (nSPS) is 10.8. The maximum absolute atomic E-state index is 10.6. The van der Waals surface area contributed by atoms with Gasteiger partial charge in [-0.05, 0) is 24.3 Å². The zero-order valence-electron chi connectivity index (χ0n) is 8.20. The van der Waals surface area contributed by atoms with E-state index in [2.05, 4.69) is 10.1 Å². The third-order valence-corrected chi connectivity index (χ3v) is 2.24. The van der Waals surface area contributed by atoms with E-state index in [9.17, 15) is 4.79 Å². The number of furan rings is 1. The summed E-state index contributed by atoms with van der Waals surface area (Å²) >= 11 is 0. The molecule has 0 radical (unpaired) electrons. The Bertz CT molecular complexity index is 640. The highest BCUT2D eigenvalue weighted by atomic mass is 16.3. The molecule has 0 fully saturated rings. The smallest absolute Gasteiger partial charge is 0.217 e. The van der Waals surface area contributed by atoms with Gasteiger partial charge in [0.15, 0.2) is 11.4 Å². The molecule has 78 valence electrons. The summed E-state index contributed by atoms with van der Waals surface area (Å²) in [5.74, 6) is 1.12. The number of hydrogen-bond donors (Lipinski definition) is 0. The lowest BCUT2D eigenvalue weighted by Gasteiger charge is -1.90. The van der Waals surface area contributed by atoms with Crippen LogP contribution < -0.4 is 0 Å². The van der Waals surface area contributed by atoms with Gasteiger partial charge in [0.1, 0.15) is 6.29 Å². The predicted octanol–water partition coefficient (Wildman–Crippen LogP) is 1.80. The molecule has 0 aliphatic carbocycles. The highest BCUT2D eigenvalue weighted by molar-refractivity contribution is 5.76. The number of carbonyl (C=O) groups excluding carboxylic acids is 1. The van der Waals surface area contributed by atoms with Gasteiger partial charge in [-0.1, -0.05) is 0 Å². The molecule has 0 N–H and O–H groups in total. The van der Waals surface area contributed by atoms with Crippen molar-refractivity contribution in [1.82, 2.24) is 14.6 Å². The Kier molecular flexibility index (Phi) is 1.83. The summed E-state index contributed by atoms with van der Waals surface area (Å²) < 4.78 is 6.80. The second-order valence-corrected chi connectivity index (χ2v) is 3.29. The summed E-state index contributed by atoms with van der Waals surface area (Å²) in [5, 5.41) is 4.23. The highest BCUT2D eigenvalue weighted by Crippen LogP contribution is 2.16. The van der Waals surface area contributed by atoms with Gasteiger partial charge < -0.3 is 4.42 Å². The first-order chi connectivity index (χ1) is 7.86. The Balaban J connectivity index is 2.19. The van der Waals surface area contributed by atoms with Crippen LogP contribution in [0.15, 0.2) is 41.1 Å². The van der Waals surface area contributed by atoms with Crippen molar-refractivity contribution >= 4 is 11.9 Å². The van der Waals surface area contributed by atoms with Gasteiger partial charge in [0.2, 0.25) is 5.82 Å². The minimum absolute atomic E-state index is 0.507. The third kappa shape index (κ3) is 1.30. The monoisotopic (exact) mass is 213 g/mol. The van der Waals surface area contributed by atoms with Crippen molar-refractivity contribution in [2.45, 2.75) is 0 Å². The summed E-state index contributed by atoms with van der Waals surface area (Å²) in [6.45, 7) is 0. The van der Waals surface area contributed by atoms with Crippen molar-refractivity contribution in [1.29, 1.82) is 0 Å². The number of aldehydes is 1. The van der Waals surface area contributed by atoms with Crippen molar-refractivity contribution in [3.8, 4) is 11.6 Å². The molecule has 0 bridgehead atoms. The van der Waals surface area contributed by atoms with Crippen molar-refractivity contribution in [3.63, 3.8) is 0 Å². The molecule has 0 aliphatic rings. The number of rotatable bonds is 2. The molecule has 0 amide bonds. The van der Waals surface area contributed by atoms with Crippen LogP contribution in [0.3, 0.4) is 0 Å². The first kappa shape index (κ1) is 8.84. The topological polar surface area (TPSA) is 60.4 Å². The Morgan fingerprint density at radius 1 is 1.38 bits per heavy atom. The lowest BCUT2D eigenvalue weighted by atomic mass is 10.3. The fourth-order valence-corrected chi connectivity index (χ4v) is 1.48. The van der Waals surface area contributed by atoms with E-state index in [-0.39, 0.29) is 0 Å². The molecule has 0 aliphatic heterocycles. The molecular formula is C11H7N3O2. The Labute approximate surface area is 90.3 Å². The van der Waals surface area contributed by atoms with Gasteiger partial charge in [0.25, 0.3) is 0 Å². The second-order valence-electron chi connectivity index (χ2n) is 3.29. The molecule has 0 saturated carbocycles. The van der Waals surface area contributed by atoms with E-state index in [4.69, 9.17) is 4.42 Å². The summed E-state index contributed by atoms with van der Waals surface area (Å²) in [4.78, 5) is 14.9. The Morgan fingerprint density at radius 2 is 2.31 bits per heavy atom. The summed E-state index contributed by atoms with van der Waals surface area (Å²) in [6, 6.07) is 6.92. The van der Waals surface area contributed by atoms with Gasteiger partial charge in [-0.25, -0.2) is 9.50 Å². The average Bonchev–Trinajstić information content (AvgIpc) is 2.96. The third-order valence-electron chi connectivity index (χ3n) is 2.24. The summed E-state index contributed by atoms with van der Waals surface area (Å²) in [5.41, 5.74) is 1.20. The lowest BCUT2D eigenvalue weighted by molar-refractivity contribution is 0.112. The first-order valence-electron chi connectivity index (χ1n) is 4.72.